The summed E-state index contributed by atoms with van der Waals surface area (Å²) >= 11 is 0. The fraction of sp³-hybridized carbons (Fsp3) is 0.400. The molecule has 0 aliphatic heterocycles. The summed E-state index contributed by atoms with van der Waals surface area (Å²) in [4.78, 5) is 0. The first-order valence-corrected chi connectivity index (χ1v) is 1.61. The molecule has 0 N–H and O–H groups in total. The Morgan fingerprint density at radius 3 is 1.43 bits per heavy atom. The van der Waals surface area contributed by atoms with E-state index in [1.807, 2.05) is 0 Å². The van der Waals surface area contributed by atoms with Crippen LogP contribution in [0.5, 0.6) is 0 Å². The Labute approximate surface area is 67.6 Å². The first-order chi connectivity index (χ1) is 2.50. The maximum absolute atomic E-state index is 5.25. The van der Waals surface area contributed by atoms with Gasteiger partial charge in [-0.05, 0) is 0 Å². The van der Waals surface area contributed by atoms with Gasteiger partial charge >= 0.3 is 23.1 Å². The molecular weight excluding hydrogens is 120 g/mol. The van der Waals surface area contributed by atoms with Gasteiger partial charge in [0.2, 0.25) is 0 Å². The number of hydrogen-bond acceptors (Lipinski definition) is 0. The van der Waals surface area contributed by atoms with Crippen LogP contribution in [-0.4, -0.2) is 23.1 Å². The third-order valence-electron chi connectivity index (χ3n) is 0.289. The van der Waals surface area contributed by atoms with Gasteiger partial charge < -0.3 is 19.3 Å². The predicted octanol–water partition coefficient (Wildman–Crippen LogP) is 1.23. The molecule has 0 aromatic rings. The Hall–Kier alpha value is 0.616. The number of rotatable bonds is 0. The van der Waals surface area contributed by atoms with E-state index in [1.165, 1.54) is 12.8 Å². The fourth-order valence-electron chi connectivity index (χ4n) is 0. The zero-order valence-corrected chi connectivity index (χ0v) is 6.41. The molecule has 0 aromatic heterocycles. The van der Waals surface area contributed by atoms with Gasteiger partial charge in [-0.15, -0.1) is 12.4 Å². The topological polar surface area (TPSA) is 0 Å². The molecule has 0 heterocycles. The van der Waals surface area contributed by atoms with Gasteiger partial charge in [0.1, 0.15) is 0 Å². The first kappa shape index (κ1) is 15.6. The third-order valence-corrected chi connectivity index (χ3v) is 0.289. The van der Waals surface area contributed by atoms with Crippen LogP contribution in [0.1, 0.15) is 12.8 Å². The Balaban J connectivity index is -0.0000000380. The Bertz CT molecular complexity index is 29.6. The SMILES string of the molecule is Cl.[C-]#C.[CH-]1CC1.[Mg+2]. The molecule has 0 unspecified atom stereocenters. The summed E-state index contributed by atoms with van der Waals surface area (Å²) < 4.78 is 0. The average Bonchev–Trinajstić information content (AvgIpc) is 2.19. The van der Waals surface area contributed by atoms with E-state index in [2.05, 4.69) is 12.8 Å². The van der Waals surface area contributed by atoms with Crippen LogP contribution in [0.25, 0.3) is 0 Å². The summed E-state index contributed by atoms with van der Waals surface area (Å²) in [6, 6.07) is 0. The van der Waals surface area contributed by atoms with Gasteiger partial charge in [0.15, 0.2) is 0 Å². The monoisotopic (exact) mass is 126 g/mol. The maximum atomic E-state index is 5.25. The second kappa shape index (κ2) is 16.0. The molecule has 0 amide bonds. The standard InChI is InChI=1S/C3H5.C2H.ClH.Mg/c1-2-3-1;1-2;;/h1H,2-3H2;1H;1H;/q2*-1;;+2. The van der Waals surface area contributed by atoms with Crippen LogP contribution in [0.4, 0.5) is 0 Å². The molecule has 7 heavy (non-hydrogen) atoms. The van der Waals surface area contributed by atoms with E-state index in [1.54, 1.807) is 0 Å². The molecule has 1 aliphatic carbocycles. The number of hydrogen-bond donors (Lipinski definition) is 0. The van der Waals surface area contributed by atoms with Gasteiger partial charge in [0.25, 0.3) is 0 Å². The largest absolute Gasteiger partial charge is 2.00 e. The van der Waals surface area contributed by atoms with E-state index in [4.69, 9.17) is 6.42 Å². The first-order valence-electron chi connectivity index (χ1n) is 1.61. The van der Waals surface area contributed by atoms with Gasteiger partial charge in [0, 0.05) is 0 Å². The summed E-state index contributed by atoms with van der Waals surface area (Å²) in [7, 11) is 0. The minimum atomic E-state index is 0. The Kier molecular flexibility index (Phi) is 35.7. The van der Waals surface area contributed by atoms with Crippen molar-refractivity contribution in [3.63, 3.8) is 0 Å². The van der Waals surface area contributed by atoms with Crippen molar-refractivity contribution in [1.82, 2.24) is 0 Å². The van der Waals surface area contributed by atoms with E-state index in [0.717, 1.165) is 0 Å². The van der Waals surface area contributed by atoms with Crippen LogP contribution in [0.15, 0.2) is 0 Å². The van der Waals surface area contributed by atoms with Crippen molar-refractivity contribution >= 4 is 35.5 Å². The molecule has 36 valence electrons. The van der Waals surface area contributed by atoms with Crippen molar-refractivity contribution in [2.45, 2.75) is 12.8 Å². The molecule has 0 spiro atoms. The van der Waals surface area contributed by atoms with E-state index < -0.39 is 0 Å². The zero-order chi connectivity index (χ0) is 4.12. The van der Waals surface area contributed by atoms with Crippen molar-refractivity contribution in [1.29, 1.82) is 0 Å². The van der Waals surface area contributed by atoms with Crippen LogP contribution in [-0.2, 0) is 0 Å². The molecule has 0 saturated heterocycles. The van der Waals surface area contributed by atoms with Crippen LogP contribution < -0.4 is 0 Å². The second-order valence-electron chi connectivity index (χ2n) is 0.866. The molecule has 1 fully saturated rings. The van der Waals surface area contributed by atoms with Crippen LogP contribution >= 0.6 is 12.4 Å². The summed E-state index contributed by atoms with van der Waals surface area (Å²) in [6.45, 7) is 0. The van der Waals surface area contributed by atoms with Crippen LogP contribution in [0.2, 0.25) is 0 Å². The van der Waals surface area contributed by atoms with E-state index >= 15 is 0 Å². The third kappa shape index (κ3) is 54.0. The summed E-state index contributed by atoms with van der Waals surface area (Å²) in [5.74, 6) is 0. The fourth-order valence-corrected chi connectivity index (χ4v) is 0. The smallest absolute Gasteiger partial charge is 0.697 e. The average molecular weight is 127 g/mol. The van der Waals surface area contributed by atoms with Crippen LogP contribution in [0, 0.1) is 19.3 Å². The minimum absolute atomic E-state index is 0. The molecular formula is C5H7ClMg. The molecule has 1 saturated carbocycles. The molecule has 1 rings (SSSR count). The van der Waals surface area contributed by atoms with Crippen molar-refractivity contribution in [3.8, 4) is 6.42 Å². The van der Waals surface area contributed by atoms with E-state index in [-0.39, 0.29) is 35.5 Å². The van der Waals surface area contributed by atoms with Gasteiger partial charge in [-0.25, -0.2) is 12.8 Å². The van der Waals surface area contributed by atoms with Gasteiger partial charge in [-0.3, -0.25) is 0 Å². The van der Waals surface area contributed by atoms with E-state index in [9.17, 15) is 0 Å². The van der Waals surface area contributed by atoms with Crippen LogP contribution in [0.3, 0.4) is 0 Å². The summed E-state index contributed by atoms with van der Waals surface area (Å²) in [5, 5.41) is 0. The molecule has 0 nitrogen and oxygen atoms in total. The van der Waals surface area contributed by atoms with Gasteiger partial charge in [0.05, 0.1) is 0 Å². The number of halogens is 1. The van der Waals surface area contributed by atoms with Gasteiger partial charge in [-0.1, -0.05) is 0 Å². The Morgan fingerprint density at radius 1 is 1.29 bits per heavy atom. The predicted molar refractivity (Wildman–Crippen MR) is 34.7 cm³/mol. The van der Waals surface area contributed by atoms with Gasteiger partial charge in [-0.2, -0.15) is 0 Å². The zero-order valence-electron chi connectivity index (χ0n) is 4.18. The molecule has 2 heteroatoms. The van der Waals surface area contributed by atoms with Crippen molar-refractivity contribution < 1.29 is 0 Å². The van der Waals surface area contributed by atoms with E-state index in [0.29, 0.717) is 0 Å². The molecule has 0 radical (unpaired) electrons. The quantitative estimate of drug-likeness (QED) is 0.260. The van der Waals surface area contributed by atoms with Crippen molar-refractivity contribution in [2.24, 2.45) is 0 Å². The minimum Gasteiger partial charge on any atom is -0.697 e. The van der Waals surface area contributed by atoms with Crippen molar-refractivity contribution in [3.05, 3.63) is 12.8 Å². The summed E-state index contributed by atoms with van der Waals surface area (Å²) in [6.07, 6.45) is 14.0. The molecule has 1 aliphatic rings. The molecule has 0 aromatic carbocycles. The summed E-state index contributed by atoms with van der Waals surface area (Å²) in [5.41, 5.74) is 0. The van der Waals surface area contributed by atoms with Crippen molar-refractivity contribution in [2.75, 3.05) is 0 Å². The molecule has 0 bridgehead atoms. The molecule has 0 atom stereocenters. The second-order valence-corrected chi connectivity index (χ2v) is 0.866. The maximum Gasteiger partial charge on any atom is 2.00 e. The Morgan fingerprint density at radius 2 is 1.43 bits per heavy atom. The number of terminal acetylenes is 1. The normalized spacial score (nSPS) is 10.6.